The highest BCUT2D eigenvalue weighted by Gasteiger charge is 2.25. The van der Waals surface area contributed by atoms with Crippen LogP contribution in [-0.2, 0) is 4.79 Å². The Morgan fingerprint density at radius 1 is 1.08 bits per heavy atom. The van der Waals surface area contributed by atoms with E-state index in [0.717, 1.165) is 31.7 Å². The van der Waals surface area contributed by atoms with Gasteiger partial charge in [0.2, 0.25) is 11.8 Å². The van der Waals surface area contributed by atoms with Gasteiger partial charge in [-0.05, 0) is 57.7 Å². The van der Waals surface area contributed by atoms with Gasteiger partial charge in [-0.15, -0.1) is 0 Å². The number of halogens is 1. The summed E-state index contributed by atoms with van der Waals surface area (Å²) in [7, 11) is 0. The second kappa shape index (κ2) is 10.3. The van der Waals surface area contributed by atoms with Gasteiger partial charge in [-0.3, -0.25) is 14.4 Å². The van der Waals surface area contributed by atoms with Crippen LogP contribution >= 0.6 is 0 Å². The van der Waals surface area contributed by atoms with Crippen LogP contribution in [0.5, 0.6) is 0 Å². The van der Waals surface area contributed by atoms with Gasteiger partial charge in [-0.1, -0.05) is 6.07 Å². The van der Waals surface area contributed by atoms with E-state index in [2.05, 4.69) is 21.0 Å². The number of amides is 3. The fourth-order valence-electron chi connectivity index (χ4n) is 4.65. The third-order valence-electron chi connectivity index (χ3n) is 6.35. The predicted molar refractivity (Wildman–Crippen MR) is 135 cm³/mol. The molecule has 36 heavy (non-hydrogen) atoms. The summed E-state index contributed by atoms with van der Waals surface area (Å²) in [5.41, 5.74) is 7.81. The first-order valence-corrected chi connectivity index (χ1v) is 12.1. The van der Waals surface area contributed by atoms with Crippen LogP contribution in [-0.4, -0.2) is 45.5 Å². The van der Waals surface area contributed by atoms with Crippen molar-refractivity contribution in [1.29, 1.82) is 0 Å². The largest absolute Gasteiger partial charge is 0.380 e. The Morgan fingerprint density at radius 2 is 1.75 bits per heavy atom. The maximum atomic E-state index is 14.8. The average Bonchev–Trinajstić information content (AvgIpc) is 3.24. The summed E-state index contributed by atoms with van der Waals surface area (Å²) >= 11 is 0. The number of carbonyl (C=O) groups excluding carboxylic acids is 3. The number of fused-ring (bicyclic) bond motifs is 1. The van der Waals surface area contributed by atoms with Crippen LogP contribution in [0, 0.1) is 5.82 Å². The summed E-state index contributed by atoms with van der Waals surface area (Å²) < 4.78 is 16.4. The second-order valence-corrected chi connectivity index (χ2v) is 9.57. The van der Waals surface area contributed by atoms with Gasteiger partial charge in [-0.2, -0.15) is 5.10 Å². The minimum Gasteiger partial charge on any atom is -0.380 e. The van der Waals surface area contributed by atoms with E-state index in [9.17, 15) is 18.8 Å². The van der Waals surface area contributed by atoms with Gasteiger partial charge in [0.25, 0.3) is 5.91 Å². The molecule has 1 aliphatic carbocycles. The number of carbonyl (C=O) groups is 3. The number of hydrogen-bond donors (Lipinski definition) is 4. The zero-order valence-electron chi connectivity index (χ0n) is 20.6. The zero-order chi connectivity index (χ0) is 26.0. The standard InChI is InChI=1S/C26H31FN6O3/c1-14(2)30-24-21(26(36)32-19-7-5-18(6-8-19)31-15(3)34)12-29-33-13-17(11-23(24)33)20-9-4-16(25(28)35)10-22(20)27/h4,9-14,18-19,30H,5-8H2,1-3H3,(H2,28,35)(H,31,34)(H,32,36). The molecule has 0 spiro atoms. The van der Waals surface area contributed by atoms with Gasteiger partial charge in [0.05, 0.1) is 23.0 Å². The molecule has 1 aliphatic rings. The van der Waals surface area contributed by atoms with Gasteiger partial charge in [0.1, 0.15) is 5.82 Å². The number of anilines is 1. The van der Waals surface area contributed by atoms with Crippen LogP contribution in [0.3, 0.4) is 0 Å². The van der Waals surface area contributed by atoms with Crippen LogP contribution < -0.4 is 21.7 Å². The molecule has 5 N–H and O–H groups in total. The van der Waals surface area contributed by atoms with Gasteiger partial charge >= 0.3 is 0 Å². The van der Waals surface area contributed by atoms with Crippen LogP contribution in [0.1, 0.15) is 67.2 Å². The first kappa shape index (κ1) is 25.2. The lowest BCUT2D eigenvalue weighted by molar-refractivity contribution is -0.119. The maximum Gasteiger partial charge on any atom is 0.255 e. The van der Waals surface area contributed by atoms with Crippen molar-refractivity contribution < 1.29 is 18.8 Å². The smallest absolute Gasteiger partial charge is 0.255 e. The lowest BCUT2D eigenvalue weighted by atomic mass is 9.91. The van der Waals surface area contributed by atoms with Crippen LogP contribution in [0.25, 0.3) is 16.6 Å². The van der Waals surface area contributed by atoms with Crippen molar-refractivity contribution in [3.8, 4) is 11.1 Å². The van der Waals surface area contributed by atoms with E-state index in [0.29, 0.717) is 27.9 Å². The number of nitrogens with one attached hydrogen (secondary N) is 3. The molecular weight excluding hydrogens is 463 g/mol. The van der Waals surface area contributed by atoms with Gasteiger partial charge in [0.15, 0.2) is 0 Å². The summed E-state index contributed by atoms with van der Waals surface area (Å²) in [6.45, 7) is 5.44. The van der Waals surface area contributed by atoms with E-state index in [1.165, 1.54) is 25.3 Å². The van der Waals surface area contributed by atoms with Crippen LogP contribution in [0.15, 0.2) is 36.7 Å². The molecule has 0 radical (unpaired) electrons. The molecule has 3 amide bonds. The Morgan fingerprint density at radius 3 is 2.33 bits per heavy atom. The number of rotatable bonds is 7. The van der Waals surface area contributed by atoms with Gasteiger partial charge < -0.3 is 21.7 Å². The minimum absolute atomic E-state index is 0.00541. The first-order valence-electron chi connectivity index (χ1n) is 12.1. The Balaban J connectivity index is 1.61. The summed E-state index contributed by atoms with van der Waals surface area (Å²) in [4.78, 5) is 36.0. The molecule has 1 aromatic carbocycles. The van der Waals surface area contributed by atoms with Crippen LogP contribution in [0.4, 0.5) is 10.1 Å². The lowest BCUT2D eigenvalue weighted by Crippen LogP contribution is -2.43. The molecule has 3 aromatic rings. The summed E-state index contributed by atoms with van der Waals surface area (Å²) in [5.74, 6) is -1.56. The summed E-state index contributed by atoms with van der Waals surface area (Å²) in [5, 5.41) is 13.8. The highest BCUT2D eigenvalue weighted by atomic mass is 19.1. The Labute approximate surface area is 208 Å². The highest BCUT2D eigenvalue weighted by molar-refractivity contribution is 6.03. The van der Waals surface area contributed by atoms with Crippen molar-refractivity contribution in [2.24, 2.45) is 5.73 Å². The van der Waals surface area contributed by atoms with Gasteiger partial charge in [-0.25, -0.2) is 8.91 Å². The normalized spacial score (nSPS) is 17.7. The molecule has 10 heteroatoms. The van der Waals surface area contributed by atoms with E-state index in [4.69, 9.17) is 5.73 Å². The monoisotopic (exact) mass is 494 g/mol. The lowest BCUT2D eigenvalue weighted by Gasteiger charge is -2.29. The number of benzene rings is 1. The van der Waals surface area contributed by atoms with Crippen molar-refractivity contribution >= 4 is 28.9 Å². The molecule has 0 aliphatic heterocycles. The number of nitrogens with two attached hydrogens (primary N) is 1. The quantitative estimate of drug-likeness (QED) is 0.401. The Hall–Kier alpha value is -3.95. The molecule has 1 fully saturated rings. The molecule has 190 valence electrons. The third kappa shape index (κ3) is 5.48. The van der Waals surface area contributed by atoms with E-state index >= 15 is 0 Å². The maximum absolute atomic E-state index is 14.8. The molecule has 2 aromatic heterocycles. The van der Waals surface area contributed by atoms with Crippen molar-refractivity contribution in [3.05, 3.63) is 53.6 Å². The molecule has 0 saturated heterocycles. The first-order chi connectivity index (χ1) is 17.1. The van der Waals surface area contributed by atoms with Crippen molar-refractivity contribution in [2.75, 3.05) is 5.32 Å². The Bertz CT molecular complexity index is 1310. The molecule has 0 atom stereocenters. The molecule has 9 nitrogen and oxygen atoms in total. The van der Waals surface area contributed by atoms with E-state index in [1.54, 1.807) is 16.8 Å². The molecule has 0 bridgehead atoms. The van der Waals surface area contributed by atoms with Crippen molar-refractivity contribution in [1.82, 2.24) is 20.2 Å². The number of nitrogens with zero attached hydrogens (tertiary/aromatic N) is 2. The molecular formula is C26H31FN6O3. The number of aromatic nitrogens is 2. The Kier molecular flexibility index (Phi) is 7.23. The van der Waals surface area contributed by atoms with Crippen LogP contribution in [0.2, 0.25) is 0 Å². The molecule has 4 rings (SSSR count). The highest BCUT2D eigenvalue weighted by Crippen LogP contribution is 2.31. The summed E-state index contributed by atoms with van der Waals surface area (Å²) in [6.07, 6.45) is 6.34. The summed E-state index contributed by atoms with van der Waals surface area (Å²) in [6, 6.07) is 6.03. The fraction of sp³-hybridized carbons (Fsp3) is 0.385. The molecule has 1 saturated carbocycles. The van der Waals surface area contributed by atoms with Crippen molar-refractivity contribution in [2.45, 2.75) is 64.6 Å². The minimum atomic E-state index is -0.702. The third-order valence-corrected chi connectivity index (χ3v) is 6.35. The van der Waals surface area contributed by atoms with E-state index in [1.807, 2.05) is 13.8 Å². The second-order valence-electron chi connectivity index (χ2n) is 9.57. The van der Waals surface area contributed by atoms with E-state index < -0.39 is 11.7 Å². The predicted octanol–water partition coefficient (Wildman–Crippen LogP) is 3.24. The van der Waals surface area contributed by atoms with Gasteiger partial charge in [0, 0.05) is 47.9 Å². The molecule has 2 heterocycles. The fourth-order valence-corrected chi connectivity index (χ4v) is 4.65. The zero-order valence-corrected chi connectivity index (χ0v) is 20.6. The van der Waals surface area contributed by atoms with E-state index in [-0.39, 0.29) is 35.5 Å². The number of hydrogen-bond acceptors (Lipinski definition) is 5. The van der Waals surface area contributed by atoms with Crippen molar-refractivity contribution in [3.63, 3.8) is 0 Å². The number of primary amides is 1. The molecule has 0 unspecified atom stereocenters. The topological polar surface area (TPSA) is 131 Å². The SMILES string of the molecule is CC(=O)NC1CCC(NC(=O)c2cnn3cc(-c4ccc(C(N)=O)cc4F)cc3c2NC(C)C)CC1. The average molecular weight is 495 g/mol.